The van der Waals surface area contributed by atoms with E-state index in [0.717, 1.165) is 44.0 Å². The molecular weight excluding hydrogens is 328 g/mol. The standard InChI is InChI=1S/C20H26N4O2/c1-3-24-9-8-22-20(24)19(16-6-10-26-11-7-16)23-14-15-4-5-18(25-2)17(12-15)13-21/h4-5,8-9,12,16,19,23H,3,6-7,10-11,14H2,1-2H3/t19-/m0/s1. The summed E-state index contributed by atoms with van der Waals surface area (Å²) in [5.41, 5.74) is 1.62. The van der Waals surface area contributed by atoms with E-state index in [0.29, 0.717) is 23.8 Å². The first-order valence-corrected chi connectivity index (χ1v) is 9.16. The van der Waals surface area contributed by atoms with Crippen LogP contribution in [-0.4, -0.2) is 29.9 Å². The zero-order valence-electron chi connectivity index (χ0n) is 15.4. The van der Waals surface area contributed by atoms with Crippen molar-refractivity contribution in [2.24, 2.45) is 5.92 Å². The Bertz CT molecular complexity index is 759. The summed E-state index contributed by atoms with van der Waals surface area (Å²) in [6.07, 6.45) is 5.96. The Kier molecular flexibility index (Phi) is 6.26. The molecule has 1 aromatic heterocycles. The van der Waals surface area contributed by atoms with Crippen LogP contribution in [0.15, 0.2) is 30.6 Å². The molecule has 26 heavy (non-hydrogen) atoms. The van der Waals surface area contributed by atoms with Crippen molar-refractivity contribution < 1.29 is 9.47 Å². The van der Waals surface area contributed by atoms with Crippen molar-refractivity contribution in [2.75, 3.05) is 20.3 Å². The predicted molar refractivity (Wildman–Crippen MR) is 98.7 cm³/mol. The van der Waals surface area contributed by atoms with Crippen molar-refractivity contribution in [1.82, 2.24) is 14.9 Å². The molecule has 0 bridgehead atoms. The second kappa shape index (κ2) is 8.84. The molecule has 0 radical (unpaired) electrons. The zero-order chi connectivity index (χ0) is 18.4. The number of nitrogens with one attached hydrogen (secondary N) is 1. The van der Waals surface area contributed by atoms with Crippen molar-refractivity contribution in [2.45, 2.75) is 38.9 Å². The van der Waals surface area contributed by atoms with E-state index in [1.807, 2.05) is 30.6 Å². The van der Waals surface area contributed by atoms with Crippen LogP contribution in [0.2, 0.25) is 0 Å². The van der Waals surface area contributed by atoms with Crippen LogP contribution in [0, 0.1) is 17.2 Å². The number of hydrogen-bond donors (Lipinski definition) is 1. The molecule has 0 unspecified atom stereocenters. The van der Waals surface area contributed by atoms with Gasteiger partial charge < -0.3 is 19.4 Å². The van der Waals surface area contributed by atoms with Gasteiger partial charge in [0.2, 0.25) is 0 Å². The van der Waals surface area contributed by atoms with Gasteiger partial charge in [-0.2, -0.15) is 5.26 Å². The summed E-state index contributed by atoms with van der Waals surface area (Å²) in [7, 11) is 1.58. The van der Waals surface area contributed by atoms with Gasteiger partial charge in [-0.05, 0) is 43.4 Å². The highest BCUT2D eigenvalue weighted by molar-refractivity contribution is 5.45. The zero-order valence-corrected chi connectivity index (χ0v) is 15.4. The van der Waals surface area contributed by atoms with Crippen LogP contribution in [0.1, 0.15) is 42.8 Å². The Morgan fingerprint density at radius 1 is 1.42 bits per heavy atom. The van der Waals surface area contributed by atoms with Gasteiger partial charge in [-0.15, -0.1) is 0 Å². The summed E-state index contributed by atoms with van der Waals surface area (Å²) in [6.45, 7) is 5.32. The molecule has 1 saturated heterocycles. The minimum atomic E-state index is 0.168. The molecule has 1 aliphatic heterocycles. The third kappa shape index (κ3) is 4.06. The molecule has 2 aromatic rings. The summed E-state index contributed by atoms with van der Waals surface area (Å²) in [6, 6.07) is 8.11. The van der Waals surface area contributed by atoms with Gasteiger partial charge in [-0.3, -0.25) is 0 Å². The van der Waals surface area contributed by atoms with Gasteiger partial charge in [-0.25, -0.2) is 4.98 Å². The fourth-order valence-corrected chi connectivity index (χ4v) is 3.57. The lowest BCUT2D eigenvalue weighted by Crippen LogP contribution is -2.34. The quantitative estimate of drug-likeness (QED) is 0.827. The highest BCUT2D eigenvalue weighted by atomic mass is 16.5. The summed E-state index contributed by atoms with van der Waals surface area (Å²) in [5, 5.41) is 13.0. The van der Waals surface area contributed by atoms with Crippen molar-refractivity contribution >= 4 is 0 Å². The van der Waals surface area contributed by atoms with Gasteiger partial charge in [0.1, 0.15) is 17.6 Å². The Hall–Kier alpha value is -2.36. The third-order valence-corrected chi connectivity index (χ3v) is 5.01. The van der Waals surface area contributed by atoms with Crippen LogP contribution >= 0.6 is 0 Å². The van der Waals surface area contributed by atoms with E-state index in [4.69, 9.17) is 9.47 Å². The number of ether oxygens (including phenoxy) is 2. The van der Waals surface area contributed by atoms with Crippen LogP contribution in [0.4, 0.5) is 0 Å². The van der Waals surface area contributed by atoms with E-state index in [2.05, 4.69) is 27.9 Å². The molecule has 0 amide bonds. The Morgan fingerprint density at radius 2 is 2.23 bits per heavy atom. The van der Waals surface area contributed by atoms with Gasteiger partial charge in [0, 0.05) is 38.7 Å². The lowest BCUT2D eigenvalue weighted by molar-refractivity contribution is 0.0517. The third-order valence-electron chi connectivity index (χ3n) is 5.01. The van der Waals surface area contributed by atoms with Crippen LogP contribution in [0.5, 0.6) is 5.75 Å². The molecule has 0 spiro atoms. The molecule has 6 heteroatoms. The summed E-state index contributed by atoms with van der Waals surface area (Å²) in [4.78, 5) is 4.62. The number of methoxy groups -OCH3 is 1. The first-order valence-electron chi connectivity index (χ1n) is 9.16. The maximum Gasteiger partial charge on any atom is 0.136 e. The molecule has 3 rings (SSSR count). The number of rotatable bonds is 7. The molecule has 1 aliphatic rings. The maximum absolute atomic E-state index is 9.30. The Morgan fingerprint density at radius 3 is 2.92 bits per heavy atom. The van der Waals surface area contributed by atoms with E-state index in [-0.39, 0.29) is 6.04 Å². The van der Waals surface area contributed by atoms with Crippen molar-refractivity contribution in [1.29, 1.82) is 5.26 Å². The number of hydrogen-bond acceptors (Lipinski definition) is 5. The first kappa shape index (κ1) is 18.4. The summed E-state index contributed by atoms with van der Waals surface area (Å²) in [5.74, 6) is 2.18. The molecule has 0 aliphatic carbocycles. The number of imidazole rings is 1. The first-order chi connectivity index (χ1) is 12.8. The highest BCUT2D eigenvalue weighted by Gasteiger charge is 2.28. The van der Waals surface area contributed by atoms with Crippen molar-refractivity contribution in [3.8, 4) is 11.8 Å². The summed E-state index contributed by atoms with van der Waals surface area (Å²) < 4.78 is 13.0. The Balaban J connectivity index is 1.79. The second-order valence-corrected chi connectivity index (χ2v) is 6.53. The highest BCUT2D eigenvalue weighted by Crippen LogP contribution is 2.30. The smallest absolute Gasteiger partial charge is 0.136 e. The number of nitriles is 1. The monoisotopic (exact) mass is 354 g/mol. The van der Waals surface area contributed by atoms with Crippen LogP contribution in [-0.2, 0) is 17.8 Å². The lowest BCUT2D eigenvalue weighted by Gasteiger charge is -2.31. The van der Waals surface area contributed by atoms with Gasteiger partial charge in [0.15, 0.2) is 0 Å². The molecule has 2 heterocycles. The molecule has 1 N–H and O–H groups in total. The van der Waals surface area contributed by atoms with E-state index in [1.165, 1.54) is 0 Å². The molecule has 6 nitrogen and oxygen atoms in total. The van der Waals surface area contributed by atoms with Gasteiger partial charge in [-0.1, -0.05) is 6.07 Å². The normalized spacial score (nSPS) is 16.2. The van der Waals surface area contributed by atoms with Crippen molar-refractivity contribution in [3.63, 3.8) is 0 Å². The number of nitrogens with zero attached hydrogens (tertiary/aromatic N) is 3. The van der Waals surface area contributed by atoms with E-state index < -0.39 is 0 Å². The molecule has 0 saturated carbocycles. The van der Waals surface area contributed by atoms with Gasteiger partial charge in [0.05, 0.1) is 18.7 Å². The van der Waals surface area contributed by atoms with Crippen LogP contribution in [0.25, 0.3) is 0 Å². The van der Waals surface area contributed by atoms with Gasteiger partial charge >= 0.3 is 0 Å². The fraction of sp³-hybridized carbons (Fsp3) is 0.500. The second-order valence-electron chi connectivity index (χ2n) is 6.53. The van der Waals surface area contributed by atoms with E-state index in [1.54, 1.807) is 7.11 Å². The van der Waals surface area contributed by atoms with Gasteiger partial charge in [0.25, 0.3) is 0 Å². The number of benzene rings is 1. The largest absolute Gasteiger partial charge is 0.495 e. The topological polar surface area (TPSA) is 72.1 Å². The van der Waals surface area contributed by atoms with Crippen LogP contribution in [0.3, 0.4) is 0 Å². The molecule has 138 valence electrons. The molecule has 1 atom stereocenters. The number of aryl methyl sites for hydroxylation is 1. The minimum Gasteiger partial charge on any atom is -0.495 e. The fourth-order valence-electron chi connectivity index (χ4n) is 3.57. The van der Waals surface area contributed by atoms with E-state index >= 15 is 0 Å². The van der Waals surface area contributed by atoms with Crippen LogP contribution < -0.4 is 10.1 Å². The van der Waals surface area contributed by atoms with E-state index in [9.17, 15) is 5.26 Å². The molecule has 1 aromatic carbocycles. The number of aromatic nitrogens is 2. The molecular formula is C20H26N4O2. The average molecular weight is 354 g/mol. The Labute approximate surface area is 154 Å². The SMILES string of the molecule is CCn1ccnc1[C@@H](NCc1ccc(OC)c(C#N)c1)C1CCOCC1. The molecule has 1 fully saturated rings. The minimum absolute atomic E-state index is 0.168. The lowest BCUT2D eigenvalue weighted by atomic mass is 9.90. The predicted octanol–water partition coefficient (Wildman–Crippen LogP) is 3.04. The van der Waals surface area contributed by atoms with Crippen molar-refractivity contribution in [3.05, 3.63) is 47.5 Å². The summed E-state index contributed by atoms with van der Waals surface area (Å²) >= 11 is 0. The maximum atomic E-state index is 9.30. The average Bonchev–Trinajstić information content (AvgIpc) is 3.17.